The van der Waals surface area contributed by atoms with E-state index in [1.807, 2.05) is 13.8 Å². The van der Waals surface area contributed by atoms with Gasteiger partial charge in [0.1, 0.15) is 0 Å². The van der Waals surface area contributed by atoms with Crippen molar-refractivity contribution in [1.29, 1.82) is 0 Å². The van der Waals surface area contributed by atoms with Gasteiger partial charge in [-0.25, -0.2) is 0 Å². The summed E-state index contributed by atoms with van der Waals surface area (Å²) in [6.45, 7) is 4.00. The van der Waals surface area contributed by atoms with Gasteiger partial charge in [-0.1, -0.05) is 26.1 Å². The standard InChI is InChI=1S/C11H19N3O3S/c1-11(2)6(4-7(11)17-3)14-10(16)9(15)13-5-8(12)18/h6-7H,4-5H2,1-3H3,(H2,12,18)(H,13,15)(H,14,16). The van der Waals surface area contributed by atoms with Gasteiger partial charge in [-0.15, -0.1) is 0 Å². The molecule has 0 heterocycles. The van der Waals surface area contributed by atoms with Crippen LogP contribution in [0.2, 0.25) is 0 Å². The number of carbonyl (C=O) groups excluding carboxylic acids is 2. The molecule has 0 radical (unpaired) electrons. The third kappa shape index (κ3) is 3.17. The van der Waals surface area contributed by atoms with Crippen molar-refractivity contribution < 1.29 is 14.3 Å². The fraction of sp³-hybridized carbons (Fsp3) is 0.727. The third-order valence-electron chi connectivity index (χ3n) is 3.40. The second-order valence-corrected chi connectivity index (χ2v) is 5.48. The van der Waals surface area contributed by atoms with Crippen LogP contribution >= 0.6 is 12.2 Å². The minimum absolute atomic E-state index is 0.0241. The Labute approximate surface area is 112 Å². The topological polar surface area (TPSA) is 93.4 Å². The summed E-state index contributed by atoms with van der Waals surface area (Å²) in [6, 6.07) is -0.0643. The zero-order valence-corrected chi connectivity index (χ0v) is 11.6. The van der Waals surface area contributed by atoms with Crippen LogP contribution in [0.3, 0.4) is 0 Å². The Morgan fingerprint density at radius 1 is 1.44 bits per heavy atom. The summed E-state index contributed by atoms with van der Waals surface area (Å²) in [7, 11) is 1.64. The summed E-state index contributed by atoms with van der Waals surface area (Å²) < 4.78 is 5.27. The Bertz CT molecular complexity index is 371. The first-order valence-corrected chi connectivity index (χ1v) is 6.09. The van der Waals surface area contributed by atoms with Crippen molar-refractivity contribution >= 4 is 29.0 Å². The number of amides is 2. The molecule has 1 aliphatic rings. The number of thiocarbonyl (C=S) groups is 1. The van der Waals surface area contributed by atoms with E-state index in [2.05, 4.69) is 22.9 Å². The average Bonchev–Trinajstić information content (AvgIpc) is 2.30. The van der Waals surface area contributed by atoms with E-state index in [4.69, 9.17) is 10.5 Å². The molecule has 1 rings (SSSR count). The Kier molecular flexibility index (Phi) is 4.64. The molecule has 102 valence electrons. The van der Waals surface area contributed by atoms with Crippen molar-refractivity contribution in [3.05, 3.63) is 0 Å². The van der Waals surface area contributed by atoms with Gasteiger partial charge < -0.3 is 21.1 Å². The fourth-order valence-electron chi connectivity index (χ4n) is 2.00. The first kappa shape index (κ1) is 14.8. The van der Waals surface area contributed by atoms with E-state index in [1.165, 1.54) is 0 Å². The molecular formula is C11H19N3O3S. The van der Waals surface area contributed by atoms with Crippen molar-refractivity contribution in [3.63, 3.8) is 0 Å². The minimum atomic E-state index is -0.723. The molecule has 6 nitrogen and oxygen atoms in total. The van der Waals surface area contributed by atoms with Crippen molar-refractivity contribution in [2.45, 2.75) is 32.4 Å². The molecule has 0 aromatic carbocycles. The number of hydrogen-bond acceptors (Lipinski definition) is 4. The number of hydrogen-bond donors (Lipinski definition) is 3. The summed E-state index contributed by atoms with van der Waals surface area (Å²) in [5.74, 6) is -1.39. The maximum Gasteiger partial charge on any atom is 0.309 e. The summed E-state index contributed by atoms with van der Waals surface area (Å²) >= 11 is 4.60. The Hall–Kier alpha value is -1.21. The zero-order valence-electron chi connectivity index (χ0n) is 10.8. The van der Waals surface area contributed by atoms with Gasteiger partial charge in [0.25, 0.3) is 0 Å². The lowest BCUT2D eigenvalue weighted by atomic mass is 9.64. The number of rotatable bonds is 4. The van der Waals surface area contributed by atoms with Gasteiger partial charge in [0.05, 0.1) is 17.6 Å². The first-order chi connectivity index (χ1) is 8.28. The van der Waals surface area contributed by atoms with Crippen molar-refractivity contribution in [1.82, 2.24) is 10.6 Å². The van der Waals surface area contributed by atoms with Gasteiger partial charge >= 0.3 is 11.8 Å². The van der Waals surface area contributed by atoms with Gasteiger partial charge in [0.2, 0.25) is 0 Å². The highest BCUT2D eigenvalue weighted by Gasteiger charge is 2.49. The van der Waals surface area contributed by atoms with Gasteiger partial charge in [-0.05, 0) is 6.42 Å². The molecule has 1 saturated carbocycles. The van der Waals surface area contributed by atoms with Gasteiger partial charge in [0.15, 0.2) is 0 Å². The predicted octanol–water partition coefficient (Wildman–Crippen LogP) is -0.682. The van der Waals surface area contributed by atoms with Crippen LogP contribution in [0, 0.1) is 5.41 Å². The molecule has 2 unspecified atom stereocenters. The average molecular weight is 273 g/mol. The summed E-state index contributed by atoms with van der Waals surface area (Å²) in [6.07, 6.45) is 0.806. The molecule has 0 aliphatic heterocycles. The van der Waals surface area contributed by atoms with Crippen LogP contribution in [0.4, 0.5) is 0 Å². The van der Waals surface area contributed by atoms with E-state index >= 15 is 0 Å². The normalized spacial score (nSPS) is 24.8. The zero-order chi connectivity index (χ0) is 13.9. The van der Waals surface area contributed by atoms with Crippen LogP contribution in [0.1, 0.15) is 20.3 Å². The van der Waals surface area contributed by atoms with Crippen LogP contribution in [0.5, 0.6) is 0 Å². The number of methoxy groups -OCH3 is 1. The lowest BCUT2D eigenvalue weighted by Gasteiger charge is -2.51. The third-order valence-corrected chi connectivity index (χ3v) is 3.54. The molecule has 1 aliphatic carbocycles. The predicted molar refractivity (Wildman–Crippen MR) is 70.9 cm³/mol. The van der Waals surface area contributed by atoms with Crippen LogP contribution in [0.25, 0.3) is 0 Å². The largest absolute Gasteiger partial charge is 0.392 e. The van der Waals surface area contributed by atoms with E-state index in [0.717, 1.165) is 0 Å². The molecule has 0 aromatic rings. The maximum absolute atomic E-state index is 11.6. The van der Waals surface area contributed by atoms with Crippen LogP contribution in [-0.2, 0) is 14.3 Å². The number of nitrogens with two attached hydrogens (primary N) is 1. The number of nitrogens with one attached hydrogen (secondary N) is 2. The minimum Gasteiger partial charge on any atom is -0.392 e. The Balaban J connectivity index is 2.42. The number of ether oxygens (including phenoxy) is 1. The summed E-state index contributed by atoms with van der Waals surface area (Å²) in [5, 5.41) is 5.02. The van der Waals surface area contributed by atoms with Crippen molar-refractivity contribution in [3.8, 4) is 0 Å². The first-order valence-electron chi connectivity index (χ1n) is 5.68. The van der Waals surface area contributed by atoms with E-state index < -0.39 is 11.8 Å². The van der Waals surface area contributed by atoms with Crippen molar-refractivity contribution in [2.75, 3.05) is 13.7 Å². The molecule has 18 heavy (non-hydrogen) atoms. The van der Waals surface area contributed by atoms with Crippen LogP contribution in [0.15, 0.2) is 0 Å². The molecule has 0 aromatic heterocycles. The number of carbonyl (C=O) groups is 2. The maximum atomic E-state index is 11.6. The monoisotopic (exact) mass is 273 g/mol. The smallest absolute Gasteiger partial charge is 0.309 e. The molecule has 2 atom stereocenters. The second kappa shape index (κ2) is 5.62. The van der Waals surface area contributed by atoms with Gasteiger partial charge in [0, 0.05) is 18.6 Å². The highest BCUT2D eigenvalue weighted by molar-refractivity contribution is 7.80. The second-order valence-electron chi connectivity index (χ2n) is 4.96. The van der Waals surface area contributed by atoms with E-state index in [9.17, 15) is 9.59 Å². The SMILES string of the molecule is COC1CC(NC(=O)C(=O)NCC(N)=S)C1(C)C. The lowest BCUT2D eigenvalue weighted by molar-refractivity contribution is -0.145. The summed E-state index contributed by atoms with van der Waals surface area (Å²) in [5.41, 5.74) is 5.05. The van der Waals surface area contributed by atoms with Crippen LogP contribution < -0.4 is 16.4 Å². The Morgan fingerprint density at radius 2 is 2.06 bits per heavy atom. The molecule has 0 spiro atoms. The molecule has 0 bridgehead atoms. The van der Waals surface area contributed by atoms with E-state index in [-0.39, 0.29) is 29.1 Å². The van der Waals surface area contributed by atoms with E-state index in [0.29, 0.717) is 6.42 Å². The van der Waals surface area contributed by atoms with Crippen molar-refractivity contribution in [2.24, 2.45) is 11.1 Å². The highest BCUT2D eigenvalue weighted by Crippen LogP contribution is 2.42. The molecule has 7 heteroatoms. The highest BCUT2D eigenvalue weighted by atomic mass is 32.1. The molecule has 0 saturated heterocycles. The summed E-state index contributed by atoms with van der Waals surface area (Å²) in [4.78, 5) is 23.1. The molecule has 2 amide bonds. The Morgan fingerprint density at radius 3 is 2.50 bits per heavy atom. The van der Waals surface area contributed by atoms with E-state index in [1.54, 1.807) is 7.11 Å². The lowest BCUT2D eigenvalue weighted by Crippen LogP contribution is -2.63. The fourth-order valence-corrected chi connectivity index (χ4v) is 2.07. The molecule has 1 fully saturated rings. The van der Waals surface area contributed by atoms with Crippen LogP contribution in [-0.4, -0.2) is 42.6 Å². The molecule has 4 N–H and O–H groups in total. The van der Waals surface area contributed by atoms with Gasteiger partial charge in [-0.2, -0.15) is 0 Å². The van der Waals surface area contributed by atoms with Gasteiger partial charge in [-0.3, -0.25) is 9.59 Å². The molecular weight excluding hydrogens is 254 g/mol. The quantitative estimate of drug-likeness (QED) is 0.466.